The maximum atomic E-state index is 11.9. The topological polar surface area (TPSA) is 90.7 Å². The van der Waals surface area contributed by atoms with Crippen LogP contribution in [0, 0.1) is 11.3 Å². The van der Waals surface area contributed by atoms with Crippen LogP contribution in [0.25, 0.3) is 0 Å². The van der Waals surface area contributed by atoms with E-state index >= 15 is 0 Å². The molecule has 1 amide bonds. The lowest BCUT2D eigenvalue weighted by atomic mass is 10.2. The Balaban J connectivity index is 1.99. The van der Waals surface area contributed by atoms with Crippen LogP contribution in [0.2, 0.25) is 5.15 Å². The number of hydrogen-bond acceptors (Lipinski definition) is 5. The number of halogens is 1. The number of carbonyl (C=O) groups excluding carboxylic acids is 1. The Hall–Kier alpha value is -2.91. The molecule has 0 saturated carbocycles. The van der Waals surface area contributed by atoms with Gasteiger partial charge in [0, 0.05) is 31.3 Å². The summed E-state index contributed by atoms with van der Waals surface area (Å²) in [6.45, 7) is 0.291. The van der Waals surface area contributed by atoms with Crippen molar-refractivity contribution in [1.29, 1.82) is 5.26 Å². The molecule has 0 bridgehead atoms. The van der Waals surface area contributed by atoms with Crippen LogP contribution in [0.5, 0.6) is 0 Å². The maximum Gasteiger partial charge on any atom is 0.263 e. The summed E-state index contributed by atoms with van der Waals surface area (Å²) < 4.78 is 0. The van der Waals surface area contributed by atoms with Gasteiger partial charge in [-0.25, -0.2) is 4.98 Å². The zero-order valence-corrected chi connectivity index (χ0v) is 12.2. The minimum absolute atomic E-state index is 0.0659. The van der Waals surface area contributed by atoms with Crippen molar-refractivity contribution in [3.63, 3.8) is 0 Å². The quantitative estimate of drug-likeness (QED) is 0.502. The molecular formula is C15H12ClN5O. The molecule has 2 N–H and O–H groups in total. The molecule has 0 aliphatic heterocycles. The number of nitrogens with one attached hydrogen (secondary N) is 2. The van der Waals surface area contributed by atoms with Crippen molar-refractivity contribution < 1.29 is 4.79 Å². The number of carbonyl (C=O) groups is 1. The van der Waals surface area contributed by atoms with E-state index in [-0.39, 0.29) is 10.7 Å². The number of nitrogens with zero attached hydrogens (tertiary/aromatic N) is 3. The highest BCUT2D eigenvalue weighted by Crippen LogP contribution is 2.17. The van der Waals surface area contributed by atoms with Gasteiger partial charge < -0.3 is 10.6 Å². The molecule has 0 spiro atoms. The lowest BCUT2D eigenvalue weighted by molar-refractivity contribution is -0.117. The normalized spacial score (nSPS) is 10.6. The fourth-order valence-corrected chi connectivity index (χ4v) is 1.75. The zero-order chi connectivity index (χ0) is 15.8. The van der Waals surface area contributed by atoms with Crippen LogP contribution in [0.15, 0.2) is 54.6 Å². The second-order valence-electron chi connectivity index (χ2n) is 4.20. The van der Waals surface area contributed by atoms with E-state index in [4.69, 9.17) is 16.9 Å². The van der Waals surface area contributed by atoms with Gasteiger partial charge in [0.15, 0.2) is 5.15 Å². The van der Waals surface area contributed by atoms with Gasteiger partial charge in [0.2, 0.25) is 0 Å². The first-order valence-electron chi connectivity index (χ1n) is 6.35. The number of nitriles is 1. The Labute approximate surface area is 132 Å². The lowest BCUT2D eigenvalue weighted by Crippen LogP contribution is -2.24. The van der Waals surface area contributed by atoms with Crippen LogP contribution in [0.4, 0.5) is 5.69 Å². The molecule has 2 aromatic rings. The Morgan fingerprint density at radius 1 is 1.36 bits per heavy atom. The van der Waals surface area contributed by atoms with Gasteiger partial charge in [-0.15, -0.1) is 0 Å². The Morgan fingerprint density at radius 2 is 2.18 bits per heavy atom. The van der Waals surface area contributed by atoms with Gasteiger partial charge in [0.05, 0.1) is 5.69 Å². The van der Waals surface area contributed by atoms with Crippen molar-refractivity contribution in [1.82, 2.24) is 15.3 Å². The van der Waals surface area contributed by atoms with Crippen molar-refractivity contribution in [2.45, 2.75) is 6.54 Å². The molecule has 2 heterocycles. The van der Waals surface area contributed by atoms with Gasteiger partial charge in [0.25, 0.3) is 5.91 Å². The minimum atomic E-state index is -0.487. The molecule has 0 aliphatic carbocycles. The Bertz CT molecular complexity index is 724. The average Bonchev–Trinajstić information content (AvgIpc) is 2.56. The fourth-order valence-electron chi connectivity index (χ4n) is 1.57. The predicted molar refractivity (Wildman–Crippen MR) is 82.6 cm³/mol. The van der Waals surface area contributed by atoms with E-state index < -0.39 is 5.91 Å². The molecule has 0 aromatic carbocycles. The van der Waals surface area contributed by atoms with E-state index in [1.54, 1.807) is 36.8 Å². The van der Waals surface area contributed by atoms with Crippen LogP contribution in [-0.4, -0.2) is 15.9 Å². The predicted octanol–water partition coefficient (Wildman–Crippen LogP) is 2.27. The highest BCUT2D eigenvalue weighted by atomic mass is 35.5. The summed E-state index contributed by atoms with van der Waals surface area (Å²) in [5.74, 6) is -0.487. The molecule has 0 unspecified atom stereocenters. The first-order valence-corrected chi connectivity index (χ1v) is 6.73. The third-order valence-electron chi connectivity index (χ3n) is 2.67. The molecule has 22 heavy (non-hydrogen) atoms. The molecule has 0 fully saturated rings. The largest absolute Gasteiger partial charge is 0.358 e. The van der Waals surface area contributed by atoms with Crippen molar-refractivity contribution >= 4 is 23.2 Å². The Kier molecular flexibility index (Phi) is 5.46. The molecule has 110 valence electrons. The summed E-state index contributed by atoms with van der Waals surface area (Å²) in [7, 11) is 0. The lowest BCUT2D eigenvalue weighted by Gasteiger charge is -2.05. The van der Waals surface area contributed by atoms with Crippen LogP contribution in [0.1, 0.15) is 5.56 Å². The Morgan fingerprint density at radius 3 is 2.86 bits per heavy atom. The van der Waals surface area contributed by atoms with Crippen LogP contribution in [0.3, 0.4) is 0 Å². The summed E-state index contributed by atoms with van der Waals surface area (Å²) in [5, 5.41) is 14.8. The molecule has 6 nitrogen and oxygen atoms in total. The standard InChI is InChI=1S/C15H12ClN5O/c16-14-13(4-2-6-19-14)20-10-12(7-17)15(22)21-9-11-3-1-5-18-8-11/h1-6,8,10,20H,9H2,(H,21,22)/b12-10-. The van der Waals surface area contributed by atoms with Gasteiger partial charge in [0.1, 0.15) is 11.6 Å². The van der Waals surface area contributed by atoms with Crippen LogP contribution in [-0.2, 0) is 11.3 Å². The molecule has 0 saturated heterocycles. The van der Waals surface area contributed by atoms with Crippen molar-refractivity contribution in [2.24, 2.45) is 0 Å². The maximum absolute atomic E-state index is 11.9. The third kappa shape index (κ3) is 4.30. The SMILES string of the molecule is N#C/C(=C/Nc1cccnc1Cl)C(=O)NCc1cccnc1. The number of hydrogen-bond donors (Lipinski definition) is 2. The monoisotopic (exact) mass is 313 g/mol. The molecule has 0 radical (unpaired) electrons. The summed E-state index contributed by atoms with van der Waals surface area (Å²) in [4.78, 5) is 19.8. The van der Waals surface area contributed by atoms with Gasteiger partial charge in [-0.1, -0.05) is 17.7 Å². The molecule has 7 heteroatoms. The van der Waals surface area contributed by atoms with E-state index in [9.17, 15) is 4.79 Å². The number of anilines is 1. The molecule has 2 rings (SSSR count). The third-order valence-corrected chi connectivity index (χ3v) is 2.97. The van der Waals surface area contributed by atoms with Crippen molar-refractivity contribution in [2.75, 3.05) is 5.32 Å². The van der Waals surface area contributed by atoms with Crippen molar-refractivity contribution in [3.8, 4) is 6.07 Å². The van der Waals surface area contributed by atoms with Crippen molar-refractivity contribution in [3.05, 3.63) is 65.3 Å². The second kappa shape index (κ2) is 7.76. The molecular weight excluding hydrogens is 302 g/mol. The van der Waals surface area contributed by atoms with Gasteiger partial charge >= 0.3 is 0 Å². The highest BCUT2D eigenvalue weighted by molar-refractivity contribution is 6.32. The number of pyridine rings is 2. The highest BCUT2D eigenvalue weighted by Gasteiger charge is 2.09. The summed E-state index contributed by atoms with van der Waals surface area (Å²) >= 11 is 5.88. The average molecular weight is 314 g/mol. The number of rotatable bonds is 5. The first kappa shape index (κ1) is 15.5. The summed E-state index contributed by atoms with van der Waals surface area (Å²) in [5.41, 5.74) is 1.29. The smallest absolute Gasteiger partial charge is 0.263 e. The van der Waals surface area contributed by atoms with Gasteiger partial charge in [-0.05, 0) is 23.8 Å². The fraction of sp³-hybridized carbons (Fsp3) is 0.0667. The van der Waals surface area contributed by atoms with Crippen LogP contribution < -0.4 is 10.6 Å². The number of amides is 1. The van der Waals surface area contributed by atoms with E-state index in [0.29, 0.717) is 12.2 Å². The van der Waals surface area contributed by atoms with E-state index in [0.717, 1.165) is 5.56 Å². The van der Waals surface area contributed by atoms with E-state index in [1.807, 2.05) is 12.1 Å². The van der Waals surface area contributed by atoms with Crippen LogP contribution >= 0.6 is 11.6 Å². The molecule has 0 aliphatic rings. The summed E-state index contributed by atoms with van der Waals surface area (Å²) in [6.07, 6.45) is 6.13. The molecule has 0 atom stereocenters. The van der Waals surface area contributed by atoms with Gasteiger partial charge in [-0.2, -0.15) is 5.26 Å². The van der Waals surface area contributed by atoms with Gasteiger partial charge in [-0.3, -0.25) is 9.78 Å². The molecule has 2 aromatic heterocycles. The second-order valence-corrected chi connectivity index (χ2v) is 4.56. The van der Waals surface area contributed by atoms with E-state index in [1.165, 1.54) is 6.20 Å². The van der Waals surface area contributed by atoms with E-state index in [2.05, 4.69) is 20.6 Å². The summed E-state index contributed by atoms with van der Waals surface area (Å²) in [6, 6.07) is 8.82. The zero-order valence-electron chi connectivity index (χ0n) is 11.5. The minimum Gasteiger partial charge on any atom is -0.358 e. The number of aromatic nitrogens is 2. The first-order chi connectivity index (χ1) is 10.7.